The van der Waals surface area contributed by atoms with Gasteiger partial charge in [-0.05, 0) is 30.0 Å². The maximum absolute atomic E-state index is 3.10. The van der Waals surface area contributed by atoms with Crippen LogP contribution in [0.3, 0.4) is 0 Å². The van der Waals surface area contributed by atoms with Crippen LogP contribution in [0.15, 0.2) is 30.3 Å². The van der Waals surface area contributed by atoms with E-state index in [0.29, 0.717) is 0 Å². The molecule has 14 heavy (non-hydrogen) atoms. The summed E-state index contributed by atoms with van der Waals surface area (Å²) < 4.78 is 0. The van der Waals surface area contributed by atoms with Crippen LogP contribution in [0.25, 0.3) is 6.08 Å². The van der Waals surface area contributed by atoms with E-state index < -0.39 is 0 Å². The third-order valence-corrected chi connectivity index (χ3v) is 2.12. The van der Waals surface area contributed by atoms with Crippen molar-refractivity contribution in [2.45, 2.75) is 20.3 Å². The Kier molecular flexibility index (Phi) is 4.24. The molecule has 0 spiro atoms. The monoisotopic (exact) mass is 189 g/mol. The summed E-state index contributed by atoms with van der Waals surface area (Å²) in [5.41, 5.74) is 2.43. The van der Waals surface area contributed by atoms with Gasteiger partial charge in [0.25, 0.3) is 0 Å². The molecule has 0 fully saturated rings. The van der Waals surface area contributed by atoms with Gasteiger partial charge in [-0.2, -0.15) is 0 Å². The number of allylic oxidation sites excluding steroid dienone is 1. The number of rotatable bonds is 4. The second-order valence-electron chi connectivity index (χ2n) is 3.90. The van der Waals surface area contributed by atoms with E-state index in [2.05, 4.69) is 55.6 Å². The SMILES string of the molecule is CNc1ccc(/C=C/CC(C)C)cc1. The van der Waals surface area contributed by atoms with E-state index >= 15 is 0 Å². The normalized spacial score (nSPS) is 11.1. The molecule has 1 rings (SSSR count). The summed E-state index contributed by atoms with van der Waals surface area (Å²) in [5, 5.41) is 3.10. The lowest BCUT2D eigenvalue weighted by molar-refractivity contribution is 0.665. The van der Waals surface area contributed by atoms with Crippen LogP contribution in [0.4, 0.5) is 5.69 Å². The lowest BCUT2D eigenvalue weighted by Gasteiger charge is -2.00. The molecule has 0 bridgehead atoms. The van der Waals surface area contributed by atoms with Gasteiger partial charge in [-0.15, -0.1) is 0 Å². The predicted octanol–water partition coefficient (Wildman–Crippen LogP) is 3.79. The molecule has 0 atom stereocenters. The van der Waals surface area contributed by atoms with E-state index in [1.165, 1.54) is 5.56 Å². The minimum Gasteiger partial charge on any atom is -0.388 e. The largest absolute Gasteiger partial charge is 0.388 e. The molecule has 0 aromatic heterocycles. The van der Waals surface area contributed by atoms with Gasteiger partial charge in [0.2, 0.25) is 0 Å². The van der Waals surface area contributed by atoms with Gasteiger partial charge in [0.15, 0.2) is 0 Å². The molecule has 76 valence electrons. The third kappa shape index (κ3) is 3.65. The lowest BCUT2D eigenvalue weighted by Crippen LogP contribution is -1.86. The van der Waals surface area contributed by atoms with E-state index in [4.69, 9.17) is 0 Å². The number of benzene rings is 1. The smallest absolute Gasteiger partial charge is 0.0337 e. The van der Waals surface area contributed by atoms with Crippen LogP contribution in [0, 0.1) is 5.92 Å². The van der Waals surface area contributed by atoms with Crippen molar-refractivity contribution in [3.05, 3.63) is 35.9 Å². The molecule has 0 heterocycles. The fraction of sp³-hybridized carbons (Fsp3) is 0.385. The average Bonchev–Trinajstić information content (AvgIpc) is 2.18. The predicted molar refractivity (Wildman–Crippen MR) is 64.5 cm³/mol. The molecule has 0 aliphatic heterocycles. The summed E-state index contributed by atoms with van der Waals surface area (Å²) in [7, 11) is 1.93. The van der Waals surface area contributed by atoms with E-state index in [9.17, 15) is 0 Å². The average molecular weight is 189 g/mol. The van der Waals surface area contributed by atoms with Crippen LogP contribution >= 0.6 is 0 Å². The van der Waals surface area contributed by atoms with Crippen molar-refractivity contribution in [3.8, 4) is 0 Å². The van der Waals surface area contributed by atoms with Gasteiger partial charge in [0.05, 0.1) is 0 Å². The highest BCUT2D eigenvalue weighted by Gasteiger charge is 1.90. The molecule has 0 amide bonds. The minimum absolute atomic E-state index is 0.739. The Bertz CT molecular complexity index is 283. The van der Waals surface area contributed by atoms with Crippen molar-refractivity contribution in [2.75, 3.05) is 12.4 Å². The Hall–Kier alpha value is -1.24. The van der Waals surface area contributed by atoms with Crippen LogP contribution in [-0.2, 0) is 0 Å². The highest BCUT2D eigenvalue weighted by Crippen LogP contribution is 2.11. The number of hydrogen-bond acceptors (Lipinski definition) is 1. The second-order valence-corrected chi connectivity index (χ2v) is 3.90. The molecule has 1 nitrogen and oxygen atoms in total. The minimum atomic E-state index is 0.739. The first-order chi connectivity index (χ1) is 6.72. The highest BCUT2D eigenvalue weighted by atomic mass is 14.8. The zero-order valence-electron chi connectivity index (χ0n) is 9.25. The third-order valence-electron chi connectivity index (χ3n) is 2.12. The van der Waals surface area contributed by atoms with Crippen LogP contribution < -0.4 is 5.32 Å². The van der Waals surface area contributed by atoms with Crippen molar-refractivity contribution >= 4 is 11.8 Å². The molecular formula is C13H19N. The van der Waals surface area contributed by atoms with Gasteiger partial charge in [-0.1, -0.05) is 38.1 Å². The molecule has 0 unspecified atom stereocenters. The maximum Gasteiger partial charge on any atom is 0.0337 e. The summed E-state index contributed by atoms with van der Waals surface area (Å²) >= 11 is 0. The number of hydrogen-bond donors (Lipinski definition) is 1. The fourth-order valence-electron chi connectivity index (χ4n) is 1.24. The Morgan fingerprint density at radius 1 is 1.21 bits per heavy atom. The molecule has 1 heteroatoms. The molecule has 0 aliphatic carbocycles. The van der Waals surface area contributed by atoms with E-state index in [1.807, 2.05) is 7.05 Å². The van der Waals surface area contributed by atoms with Crippen molar-refractivity contribution in [2.24, 2.45) is 5.92 Å². The number of nitrogens with one attached hydrogen (secondary N) is 1. The van der Waals surface area contributed by atoms with Gasteiger partial charge < -0.3 is 5.32 Å². The fourth-order valence-corrected chi connectivity index (χ4v) is 1.24. The maximum atomic E-state index is 3.10. The zero-order chi connectivity index (χ0) is 10.4. The van der Waals surface area contributed by atoms with Crippen LogP contribution in [0.2, 0.25) is 0 Å². The Balaban J connectivity index is 2.55. The van der Waals surface area contributed by atoms with E-state index in [-0.39, 0.29) is 0 Å². The zero-order valence-corrected chi connectivity index (χ0v) is 9.25. The molecule has 1 aromatic carbocycles. The molecule has 0 radical (unpaired) electrons. The molecule has 0 saturated heterocycles. The van der Waals surface area contributed by atoms with Crippen LogP contribution in [0.5, 0.6) is 0 Å². The topological polar surface area (TPSA) is 12.0 Å². The Morgan fingerprint density at radius 3 is 2.36 bits per heavy atom. The van der Waals surface area contributed by atoms with Gasteiger partial charge in [-0.25, -0.2) is 0 Å². The molecule has 0 aliphatic rings. The standard InChI is InChI=1S/C13H19N/c1-11(2)5-4-6-12-7-9-13(14-3)10-8-12/h4,6-11,14H,5H2,1-3H3/b6-4+. The lowest BCUT2D eigenvalue weighted by atomic mass is 10.1. The summed E-state index contributed by atoms with van der Waals surface area (Å²) in [5.74, 6) is 0.739. The van der Waals surface area contributed by atoms with E-state index in [0.717, 1.165) is 18.0 Å². The number of anilines is 1. The highest BCUT2D eigenvalue weighted by molar-refractivity contribution is 5.54. The molecule has 1 N–H and O–H groups in total. The van der Waals surface area contributed by atoms with Crippen molar-refractivity contribution in [3.63, 3.8) is 0 Å². The van der Waals surface area contributed by atoms with Gasteiger partial charge in [0, 0.05) is 12.7 Å². The van der Waals surface area contributed by atoms with Crippen LogP contribution in [0.1, 0.15) is 25.8 Å². The quantitative estimate of drug-likeness (QED) is 0.760. The Morgan fingerprint density at radius 2 is 1.86 bits per heavy atom. The van der Waals surface area contributed by atoms with Gasteiger partial charge >= 0.3 is 0 Å². The van der Waals surface area contributed by atoms with Crippen molar-refractivity contribution in [1.82, 2.24) is 0 Å². The van der Waals surface area contributed by atoms with Crippen molar-refractivity contribution in [1.29, 1.82) is 0 Å². The second kappa shape index (κ2) is 5.48. The van der Waals surface area contributed by atoms with Crippen molar-refractivity contribution < 1.29 is 0 Å². The van der Waals surface area contributed by atoms with Gasteiger partial charge in [0.1, 0.15) is 0 Å². The van der Waals surface area contributed by atoms with Crippen LogP contribution in [-0.4, -0.2) is 7.05 Å². The Labute approximate surface area is 86.8 Å². The summed E-state index contributed by atoms with van der Waals surface area (Å²) in [6, 6.07) is 8.44. The molecule has 1 aromatic rings. The first kappa shape index (κ1) is 10.8. The molecular weight excluding hydrogens is 170 g/mol. The molecule has 0 saturated carbocycles. The summed E-state index contributed by atoms with van der Waals surface area (Å²) in [6.45, 7) is 4.46. The summed E-state index contributed by atoms with van der Waals surface area (Å²) in [4.78, 5) is 0. The first-order valence-corrected chi connectivity index (χ1v) is 5.16. The summed E-state index contributed by atoms with van der Waals surface area (Å²) in [6.07, 6.45) is 5.56. The van der Waals surface area contributed by atoms with E-state index in [1.54, 1.807) is 0 Å². The first-order valence-electron chi connectivity index (χ1n) is 5.16. The van der Waals surface area contributed by atoms with Gasteiger partial charge in [-0.3, -0.25) is 0 Å².